The highest BCUT2D eigenvalue weighted by Gasteiger charge is 2.49. The summed E-state index contributed by atoms with van der Waals surface area (Å²) in [6, 6.07) is 5.44. The van der Waals surface area contributed by atoms with Gasteiger partial charge in [0, 0.05) is 20.8 Å². The molecule has 2 aromatic heterocycles. The number of thiazole rings is 1. The predicted molar refractivity (Wildman–Crippen MR) is 125 cm³/mol. The highest BCUT2D eigenvalue weighted by atomic mass is 32.1. The molecule has 3 N–H and O–H groups in total. The zero-order valence-electron chi connectivity index (χ0n) is 20.9. The third kappa shape index (κ3) is 5.30. The van der Waals surface area contributed by atoms with Gasteiger partial charge in [0.1, 0.15) is 16.3 Å². The second-order valence-electron chi connectivity index (χ2n) is 9.39. The summed E-state index contributed by atoms with van der Waals surface area (Å²) in [5.74, 6) is -1.77. The molecule has 7 nitrogen and oxygen atoms in total. The Morgan fingerprint density at radius 2 is 2.06 bits per heavy atom. The minimum absolute atomic E-state index is 0.213. The molecule has 0 unspecified atom stereocenters. The van der Waals surface area contributed by atoms with Gasteiger partial charge in [-0.25, -0.2) is 15.0 Å². The van der Waals surface area contributed by atoms with Crippen LogP contribution in [0.5, 0.6) is 0 Å². The number of carbonyl (C=O) groups is 1. The first-order valence-corrected chi connectivity index (χ1v) is 11.6. The number of nitrogens with one attached hydrogen (secondary N) is 1. The lowest BCUT2D eigenvalue weighted by atomic mass is 9.63. The Hall–Kier alpha value is -3.05. The van der Waals surface area contributed by atoms with Gasteiger partial charge in [-0.05, 0) is 60.9 Å². The molecule has 1 aromatic carbocycles. The average Bonchev–Trinajstić information content (AvgIpc) is 3.29. The lowest BCUT2D eigenvalue weighted by Crippen LogP contribution is -2.44. The van der Waals surface area contributed by atoms with Crippen molar-refractivity contribution in [3.8, 4) is 10.4 Å². The Morgan fingerprint density at radius 1 is 1.29 bits per heavy atom. The van der Waals surface area contributed by atoms with Gasteiger partial charge in [-0.1, -0.05) is 19.9 Å². The van der Waals surface area contributed by atoms with Gasteiger partial charge in [0.15, 0.2) is 0 Å². The number of aliphatic carboxylic acids is 1. The number of anilines is 2. The molecule has 0 radical (unpaired) electrons. The Morgan fingerprint density at radius 3 is 2.71 bits per heavy atom. The first-order valence-electron chi connectivity index (χ1n) is 11.9. The number of halogens is 3. The van der Waals surface area contributed by atoms with E-state index in [1.165, 1.54) is 17.4 Å². The first kappa shape index (κ1) is 22.4. The fourth-order valence-electron chi connectivity index (χ4n) is 4.57. The van der Waals surface area contributed by atoms with Crippen LogP contribution in [0.3, 0.4) is 0 Å². The molecule has 0 saturated heterocycles. The number of aryl methyl sites for hydroxylation is 1. The van der Waals surface area contributed by atoms with Gasteiger partial charge in [0.25, 0.3) is 0 Å². The second kappa shape index (κ2) is 8.87. The largest absolute Gasteiger partial charge is 0.481 e. The van der Waals surface area contributed by atoms with Crippen molar-refractivity contribution in [3.05, 3.63) is 52.9 Å². The molecule has 35 heavy (non-hydrogen) atoms. The van der Waals surface area contributed by atoms with E-state index >= 15 is 0 Å². The van der Waals surface area contributed by atoms with Crippen LogP contribution in [0.15, 0.2) is 36.7 Å². The minimum atomic E-state index is -4.64. The van der Waals surface area contributed by atoms with E-state index in [4.69, 9.17) is 2.74 Å². The molecule has 2 atom stereocenters. The summed E-state index contributed by atoms with van der Waals surface area (Å²) in [6.07, 6.45) is -1.37. The standard InChI is InChI=1S/C24H25F3N4O3S/c1-13-8-14(10-15(9-13)30-21-28-7-5-18(31-21)24(25,26)27)17-11-29-20(35-17)23(34)6-4-16(19(32)33)22(2,3)12-23/h5,7-11,16,34H,4,6,12H2,1-3H3,(H,32,33)(H,28,30,31)/t16-,23-/m0/s1/i1D2. The van der Waals surface area contributed by atoms with Gasteiger partial charge >= 0.3 is 12.1 Å². The molecule has 0 bridgehead atoms. The normalized spacial score (nSPS) is 23.0. The maximum Gasteiger partial charge on any atom is 0.433 e. The van der Waals surface area contributed by atoms with Gasteiger partial charge in [-0.15, -0.1) is 11.3 Å². The lowest BCUT2D eigenvalue weighted by Gasteiger charge is -2.44. The molecular formula is C24H25F3N4O3S. The van der Waals surface area contributed by atoms with Crippen LogP contribution < -0.4 is 5.32 Å². The summed E-state index contributed by atoms with van der Waals surface area (Å²) in [5.41, 5.74) is -1.97. The Bertz CT molecular complexity index is 1320. The molecule has 0 aliphatic heterocycles. The molecule has 186 valence electrons. The summed E-state index contributed by atoms with van der Waals surface area (Å²) in [5, 5.41) is 24.1. The number of benzene rings is 1. The van der Waals surface area contributed by atoms with Gasteiger partial charge in [-0.2, -0.15) is 13.2 Å². The van der Waals surface area contributed by atoms with Gasteiger partial charge in [0.05, 0.1) is 10.8 Å². The number of aliphatic hydroxyl groups is 1. The highest BCUT2D eigenvalue weighted by Crippen LogP contribution is 2.51. The molecule has 0 amide bonds. The van der Waals surface area contributed by atoms with Crippen LogP contribution in [0.4, 0.5) is 24.8 Å². The predicted octanol–water partition coefficient (Wildman–Crippen LogP) is 5.77. The van der Waals surface area contributed by atoms with Crippen LogP contribution >= 0.6 is 11.3 Å². The third-order valence-corrected chi connectivity index (χ3v) is 7.42. The molecule has 0 spiro atoms. The molecule has 4 rings (SSSR count). The van der Waals surface area contributed by atoms with Crippen molar-refractivity contribution in [2.24, 2.45) is 11.3 Å². The van der Waals surface area contributed by atoms with E-state index in [1.807, 2.05) is 13.8 Å². The smallest absolute Gasteiger partial charge is 0.433 e. The summed E-state index contributed by atoms with van der Waals surface area (Å²) in [7, 11) is 0. The van der Waals surface area contributed by atoms with Crippen LogP contribution in [0.1, 0.15) is 52.1 Å². The van der Waals surface area contributed by atoms with E-state index in [0.29, 0.717) is 21.9 Å². The molecule has 2 heterocycles. The minimum Gasteiger partial charge on any atom is -0.481 e. The van der Waals surface area contributed by atoms with Crippen molar-refractivity contribution in [1.82, 2.24) is 15.0 Å². The molecular weight excluding hydrogens is 481 g/mol. The van der Waals surface area contributed by atoms with E-state index < -0.39 is 41.6 Å². The molecule has 1 aliphatic carbocycles. The summed E-state index contributed by atoms with van der Waals surface area (Å²) >= 11 is 1.20. The van der Waals surface area contributed by atoms with Crippen molar-refractivity contribution in [2.45, 2.75) is 51.8 Å². The van der Waals surface area contributed by atoms with Crippen molar-refractivity contribution in [2.75, 3.05) is 5.32 Å². The fraction of sp³-hybridized carbons (Fsp3) is 0.417. The van der Waals surface area contributed by atoms with Crippen molar-refractivity contribution in [3.63, 3.8) is 0 Å². The van der Waals surface area contributed by atoms with E-state index in [-0.39, 0.29) is 30.0 Å². The number of rotatable bonds is 5. The summed E-state index contributed by atoms with van der Waals surface area (Å²) in [4.78, 5) is 24.0. The maximum atomic E-state index is 13.0. The van der Waals surface area contributed by atoms with Crippen LogP contribution in [0, 0.1) is 18.2 Å². The Labute approximate surface area is 206 Å². The Balaban J connectivity index is 1.65. The van der Waals surface area contributed by atoms with E-state index in [1.54, 1.807) is 18.3 Å². The van der Waals surface area contributed by atoms with Gasteiger partial charge < -0.3 is 15.5 Å². The summed E-state index contributed by atoms with van der Waals surface area (Å²) in [6.45, 7) is 2.25. The topological polar surface area (TPSA) is 108 Å². The lowest BCUT2D eigenvalue weighted by molar-refractivity contribution is -0.154. The summed E-state index contributed by atoms with van der Waals surface area (Å²) < 4.78 is 54.8. The fourth-order valence-corrected chi connectivity index (χ4v) is 5.59. The average molecular weight is 509 g/mol. The quantitative estimate of drug-likeness (QED) is 0.402. The number of hydrogen-bond acceptors (Lipinski definition) is 7. The monoisotopic (exact) mass is 508 g/mol. The molecule has 1 aliphatic rings. The maximum absolute atomic E-state index is 13.0. The van der Waals surface area contributed by atoms with Crippen molar-refractivity contribution in [1.29, 1.82) is 0 Å². The van der Waals surface area contributed by atoms with Crippen LogP contribution in [-0.4, -0.2) is 31.1 Å². The SMILES string of the molecule is [2H]C([2H])c1cc(Nc2nccc(C(F)(F)F)n2)cc(-c2cnc([C@]3(O)CC[C@@H](C(=O)O)C(C)(C)C3)s2)c1. The molecule has 1 fully saturated rings. The number of carboxylic acid groups (broad SMARTS) is 1. The molecule has 3 aromatic rings. The van der Waals surface area contributed by atoms with E-state index in [2.05, 4.69) is 20.3 Å². The van der Waals surface area contributed by atoms with Gasteiger partial charge in [0.2, 0.25) is 5.95 Å². The zero-order chi connectivity index (χ0) is 27.2. The van der Waals surface area contributed by atoms with Crippen LogP contribution in [0.2, 0.25) is 0 Å². The second-order valence-corrected chi connectivity index (χ2v) is 10.4. The van der Waals surface area contributed by atoms with Gasteiger partial charge in [-0.3, -0.25) is 4.79 Å². The van der Waals surface area contributed by atoms with Crippen LogP contribution in [0.25, 0.3) is 10.4 Å². The number of alkyl halides is 3. The first-order chi connectivity index (χ1) is 17.2. The third-order valence-electron chi connectivity index (χ3n) is 6.18. The van der Waals surface area contributed by atoms with Crippen LogP contribution in [-0.2, 0) is 16.6 Å². The number of carboxylic acids is 1. The number of hydrogen-bond donors (Lipinski definition) is 3. The zero-order valence-corrected chi connectivity index (χ0v) is 19.7. The van der Waals surface area contributed by atoms with E-state index in [9.17, 15) is 28.2 Å². The van der Waals surface area contributed by atoms with E-state index in [0.717, 1.165) is 12.3 Å². The highest BCUT2D eigenvalue weighted by molar-refractivity contribution is 7.15. The van der Waals surface area contributed by atoms with Crippen molar-refractivity contribution < 1.29 is 30.9 Å². The van der Waals surface area contributed by atoms with Crippen molar-refractivity contribution >= 4 is 28.9 Å². The molecule has 11 heteroatoms. The Kier molecular flexibility index (Phi) is 5.68. The molecule has 1 saturated carbocycles. The number of aromatic nitrogens is 3. The number of nitrogens with zero attached hydrogens (tertiary/aromatic N) is 3.